The Bertz CT molecular complexity index is 1910. The van der Waals surface area contributed by atoms with Crippen molar-refractivity contribution in [1.29, 1.82) is 0 Å². The average Bonchev–Trinajstić information content (AvgIpc) is 3.81. The fraction of sp³-hybridized carbons (Fsp3) is 0.263. The van der Waals surface area contributed by atoms with Gasteiger partial charge >= 0.3 is 6.09 Å². The Morgan fingerprint density at radius 2 is 1.46 bits per heavy atom. The van der Waals surface area contributed by atoms with Crippen molar-refractivity contribution in [3.8, 4) is 0 Å². The number of nitrogens with one attached hydrogen (secondary N) is 4. The number of H-pyrrole nitrogens is 1. The summed E-state index contributed by atoms with van der Waals surface area (Å²) in [5.41, 5.74) is 0.897. The predicted molar refractivity (Wildman–Crippen MR) is 190 cm³/mol. The largest absolute Gasteiger partial charge is 0.444 e. The molecular weight excluding hydrogens is 662 g/mol. The molecule has 2 aromatic heterocycles. The standard InChI is InChI=1S/C38H39N9O5/c1-37(2,3)52-36(51)41-29(35(50)47-30(22-25-14-13-21-39-33(25)47)34(49)40-24-31-43-45-46-44-31)23-32(48)42-38(26-15-7-4-8-16-26,27-17-9-5-10-18-27)28-19-11-6-12-20-28/h4-21,29-30H,22-24H2,1-3H3,(H,40,49)(H,41,51)(H,42,48)(H,43,44,45,46)/t29-,30-/m0/s1. The average molecular weight is 702 g/mol. The Morgan fingerprint density at radius 3 is 2.00 bits per heavy atom. The van der Waals surface area contributed by atoms with Crippen LogP contribution in [0.4, 0.5) is 10.6 Å². The lowest BCUT2D eigenvalue weighted by molar-refractivity contribution is -0.129. The first-order valence-electron chi connectivity index (χ1n) is 16.8. The fourth-order valence-corrected chi connectivity index (χ4v) is 6.31. The van der Waals surface area contributed by atoms with Crippen molar-refractivity contribution in [2.24, 2.45) is 0 Å². The summed E-state index contributed by atoms with van der Waals surface area (Å²) in [6.07, 6.45) is 0.257. The third-order valence-electron chi connectivity index (χ3n) is 8.50. The molecule has 4 N–H and O–H groups in total. The number of nitrogens with zero attached hydrogens (tertiary/aromatic N) is 5. The first-order chi connectivity index (χ1) is 25.0. The van der Waals surface area contributed by atoms with Crippen LogP contribution in [0.1, 0.15) is 55.3 Å². The number of alkyl carbamates (subject to hydrolysis) is 1. The van der Waals surface area contributed by atoms with Crippen LogP contribution in [0.3, 0.4) is 0 Å². The van der Waals surface area contributed by atoms with Gasteiger partial charge in [0.1, 0.15) is 29.0 Å². The van der Waals surface area contributed by atoms with Crippen molar-refractivity contribution < 1.29 is 23.9 Å². The van der Waals surface area contributed by atoms with Crippen LogP contribution < -0.4 is 20.9 Å². The summed E-state index contributed by atoms with van der Waals surface area (Å²) in [6.45, 7) is 5.03. The van der Waals surface area contributed by atoms with E-state index in [1.54, 1.807) is 32.9 Å². The van der Waals surface area contributed by atoms with Crippen molar-refractivity contribution in [3.05, 3.63) is 137 Å². The molecule has 0 radical (unpaired) electrons. The summed E-state index contributed by atoms with van der Waals surface area (Å²) in [4.78, 5) is 61.7. The first-order valence-corrected chi connectivity index (χ1v) is 16.8. The van der Waals surface area contributed by atoms with E-state index in [1.807, 2.05) is 91.0 Å². The van der Waals surface area contributed by atoms with Gasteiger partial charge in [-0.05, 0) is 49.1 Å². The second-order valence-corrected chi connectivity index (χ2v) is 13.3. The zero-order chi connectivity index (χ0) is 36.7. The Labute approximate surface area is 300 Å². The van der Waals surface area contributed by atoms with E-state index < -0.39 is 53.5 Å². The van der Waals surface area contributed by atoms with Gasteiger partial charge in [-0.1, -0.05) is 102 Å². The highest BCUT2D eigenvalue weighted by Crippen LogP contribution is 2.37. The molecule has 266 valence electrons. The molecule has 52 heavy (non-hydrogen) atoms. The number of carbonyl (C=O) groups is 4. The van der Waals surface area contributed by atoms with Crippen LogP contribution >= 0.6 is 0 Å². The van der Waals surface area contributed by atoms with Gasteiger partial charge in [-0.15, -0.1) is 10.2 Å². The molecule has 0 unspecified atom stereocenters. The Kier molecular flexibility index (Phi) is 10.4. The zero-order valence-electron chi connectivity index (χ0n) is 28.9. The maximum absolute atomic E-state index is 14.7. The number of amides is 4. The first kappa shape index (κ1) is 35.4. The molecule has 14 heteroatoms. The lowest BCUT2D eigenvalue weighted by Gasteiger charge is -2.37. The molecule has 1 aliphatic heterocycles. The minimum absolute atomic E-state index is 0.0415. The van der Waals surface area contributed by atoms with Gasteiger partial charge in [0, 0.05) is 12.6 Å². The predicted octanol–water partition coefficient (Wildman–Crippen LogP) is 3.56. The van der Waals surface area contributed by atoms with Crippen LogP contribution in [0, 0.1) is 0 Å². The molecule has 0 bridgehead atoms. The molecule has 0 saturated heterocycles. The monoisotopic (exact) mass is 701 g/mol. The molecule has 0 saturated carbocycles. The fourth-order valence-electron chi connectivity index (χ4n) is 6.31. The van der Waals surface area contributed by atoms with Crippen LogP contribution in [0.25, 0.3) is 0 Å². The molecule has 0 spiro atoms. The van der Waals surface area contributed by atoms with Gasteiger partial charge in [0.2, 0.25) is 11.8 Å². The number of carbonyl (C=O) groups excluding carboxylic acids is 4. The van der Waals surface area contributed by atoms with Gasteiger partial charge in [-0.2, -0.15) is 5.21 Å². The van der Waals surface area contributed by atoms with E-state index in [9.17, 15) is 19.2 Å². The van der Waals surface area contributed by atoms with Crippen molar-refractivity contribution >= 4 is 29.6 Å². The number of rotatable bonds is 11. The molecule has 5 aromatic rings. The SMILES string of the molecule is CC(C)(C)OC(=O)N[C@@H](CC(=O)NC(c1ccccc1)(c1ccccc1)c1ccccc1)C(=O)N1c2ncccc2C[C@H]1C(=O)NCc1nn[nH]n1. The smallest absolute Gasteiger partial charge is 0.408 e. The normalized spacial score (nSPS) is 14.5. The van der Waals surface area contributed by atoms with Crippen LogP contribution in [0.5, 0.6) is 0 Å². The van der Waals surface area contributed by atoms with Crippen LogP contribution in [0.15, 0.2) is 109 Å². The van der Waals surface area contributed by atoms with Gasteiger partial charge in [-0.25, -0.2) is 9.78 Å². The van der Waals surface area contributed by atoms with E-state index in [4.69, 9.17) is 4.74 Å². The third-order valence-corrected chi connectivity index (χ3v) is 8.50. The molecular formula is C38H39N9O5. The summed E-state index contributed by atoms with van der Waals surface area (Å²) >= 11 is 0. The number of hydrogen-bond donors (Lipinski definition) is 4. The Hall–Kier alpha value is -6.44. The highest BCUT2D eigenvalue weighted by atomic mass is 16.6. The molecule has 0 fully saturated rings. The molecule has 6 rings (SSSR count). The summed E-state index contributed by atoms with van der Waals surface area (Å²) in [6, 6.07) is 29.5. The summed E-state index contributed by atoms with van der Waals surface area (Å²) < 4.78 is 5.52. The molecule has 4 amide bonds. The van der Waals surface area contributed by atoms with Crippen molar-refractivity contribution in [1.82, 2.24) is 41.6 Å². The number of benzene rings is 3. The molecule has 3 aromatic carbocycles. The van der Waals surface area contributed by atoms with Crippen molar-refractivity contribution in [3.63, 3.8) is 0 Å². The highest BCUT2D eigenvalue weighted by Gasteiger charge is 2.44. The number of hydrogen-bond acceptors (Lipinski definition) is 9. The Balaban J connectivity index is 1.36. The summed E-state index contributed by atoms with van der Waals surface area (Å²) in [5.74, 6) is -1.28. The number of tetrazole rings is 1. The minimum Gasteiger partial charge on any atom is -0.444 e. The van der Waals surface area contributed by atoms with Gasteiger partial charge in [-0.3, -0.25) is 19.3 Å². The maximum atomic E-state index is 14.7. The number of aromatic nitrogens is 5. The Morgan fingerprint density at radius 1 is 0.865 bits per heavy atom. The number of aromatic amines is 1. The van der Waals surface area contributed by atoms with Gasteiger partial charge < -0.3 is 20.7 Å². The summed E-state index contributed by atoms with van der Waals surface area (Å²) in [5, 5.41) is 22.2. The lowest BCUT2D eigenvalue weighted by Crippen LogP contribution is -2.57. The van der Waals surface area contributed by atoms with E-state index in [1.165, 1.54) is 11.1 Å². The highest BCUT2D eigenvalue weighted by molar-refractivity contribution is 6.07. The van der Waals surface area contributed by atoms with Gasteiger partial charge in [0.15, 0.2) is 5.82 Å². The van der Waals surface area contributed by atoms with Crippen molar-refractivity contribution in [2.45, 2.75) is 63.4 Å². The van der Waals surface area contributed by atoms with E-state index in [2.05, 4.69) is 41.6 Å². The van der Waals surface area contributed by atoms with Crippen molar-refractivity contribution in [2.75, 3.05) is 4.90 Å². The van der Waals surface area contributed by atoms with Gasteiger partial charge in [0.25, 0.3) is 5.91 Å². The molecule has 3 heterocycles. The number of fused-ring (bicyclic) bond motifs is 1. The molecule has 1 aliphatic rings. The van der Waals surface area contributed by atoms with Crippen LogP contribution in [-0.2, 0) is 37.6 Å². The third kappa shape index (κ3) is 7.80. The number of pyridine rings is 1. The van der Waals surface area contributed by atoms with Crippen LogP contribution in [-0.4, -0.2) is 67.1 Å². The quantitative estimate of drug-likeness (QED) is 0.150. The van der Waals surface area contributed by atoms with E-state index >= 15 is 0 Å². The number of anilines is 1. The van der Waals surface area contributed by atoms with Gasteiger partial charge in [0.05, 0.1) is 13.0 Å². The maximum Gasteiger partial charge on any atom is 0.408 e. The molecule has 0 aliphatic carbocycles. The van der Waals surface area contributed by atoms with E-state index in [0.29, 0.717) is 5.56 Å². The van der Waals surface area contributed by atoms with E-state index in [0.717, 1.165) is 16.7 Å². The molecule has 14 nitrogen and oxygen atoms in total. The second kappa shape index (κ2) is 15.2. The van der Waals surface area contributed by atoms with Crippen LogP contribution in [0.2, 0.25) is 0 Å². The molecule has 2 atom stereocenters. The number of ether oxygens (including phenoxy) is 1. The minimum atomic E-state index is -1.46. The second-order valence-electron chi connectivity index (χ2n) is 13.3. The zero-order valence-corrected chi connectivity index (χ0v) is 28.9. The summed E-state index contributed by atoms with van der Waals surface area (Å²) in [7, 11) is 0. The lowest BCUT2D eigenvalue weighted by atomic mass is 9.77. The topological polar surface area (TPSA) is 184 Å². The van der Waals surface area contributed by atoms with E-state index in [-0.39, 0.29) is 24.6 Å².